The van der Waals surface area contributed by atoms with Gasteiger partial charge in [-0.05, 0) is 48.1 Å². The summed E-state index contributed by atoms with van der Waals surface area (Å²) < 4.78 is 25.1. The fourth-order valence-electron chi connectivity index (χ4n) is 5.03. The SMILES string of the molecule is CS(=O)(=O)Nc1ccc(/C=C/C(=O)C2C(=O)NC3CCCCC3C2c2ccccc2)cc1. The zero-order chi connectivity index (χ0) is 22.7. The first-order valence-corrected chi connectivity index (χ1v) is 12.9. The van der Waals surface area contributed by atoms with Gasteiger partial charge < -0.3 is 5.32 Å². The molecule has 6 nitrogen and oxygen atoms in total. The van der Waals surface area contributed by atoms with E-state index in [1.807, 2.05) is 30.3 Å². The molecule has 0 spiro atoms. The second-order valence-corrected chi connectivity index (χ2v) is 10.5. The molecule has 0 radical (unpaired) electrons. The fraction of sp³-hybridized carbons (Fsp3) is 0.360. The molecule has 1 aliphatic carbocycles. The lowest BCUT2D eigenvalue weighted by Gasteiger charge is -2.45. The van der Waals surface area contributed by atoms with Gasteiger partial charge in [-0.15, -0.1) is 0 Å². The summed E-state index contributed by atoms with van der Waals surface area (Å²) in [7, 11) is -3.35. The van der Waals surface area contributed by atoms with Crippen LogP contribution in [0.2, 0.25) is 0 Å². The molecule has 1 aliphatic heterocycles. The van der Waals surface area contributed by atoms with E-state index in [1.165, 1.54) is 6.08 Å². The molecule has 2 aliphatic rings. The van der Waals surface area contributed by atoms with Crippen LogP contribution in [0.25, 0.3) is 6.08 Å². The predicted molar refractivity (Wildman–Crippen MR) is 126 cm³/mol. The molecule has 1 amide bonds. The molecule has 7 heteroatoms. The van der Waals surface area contributed by atoms with Gasteiger partial charge in [-0.2, -0.15) is 0 Å². The van der Waals surface area contributed by atoms with Gasteiger partial charge in [-0.25, -0.2) is 8.42 Å². The molecule has 32 heavy (non-hydrogen) atoms. The maximum absolute atomic E-state index is 13.3. The predicted octanol–water partition coefficient (Wildman–Crippen LogP) is 3.73. The Labute approximate surface area is 189 Å². The van der Waals surface area contributed by atoms with Gasteiger partial charge in [-0.3, -0.25) is 14.3 Å². The van der Waals surface area contributed by atoms with Crippen molar-refractivity contribution in [2.75, 3.05) is 11.0 Å². The monoisotopic (exact) mass is 452 g/mol. The third kappa shape index (κ3) is 5.10. The van der Waals surface area contributed by atoms with Gasteiger partial charge in [-0.1, -0.05) is 61.4 Å². The average molecular weight is 453 g/mol. The highest BCUT2D eigenvalue weighted by Crippen LogP contribution is 2.44. The molecule has 1 saturated carbocycles. The molecule has 4 rings (SSSR count). The zero-order valence-electron chi connectivity index (χ0n) is 18.0. The minimum Gasteiger partial charge on any atom is -0.352 e. The Morgan fingerprint density at radius 2 is 1.72 bits per heavy atom. The van der Waals surface area contributed by atoms with E-state index < -0.39 is 15.9 Å². The number of nitrogens with one attached hydrogen (secondary N) is 2. The van der Waals surface area contributed by atoms with Crippen LogP contribution in [0.5, 0.6) is 0 Å². The maximum Gasteiger partial charge on any atom is 0.231 e. The van der Waals surface area contributed by atoms with Crippen LogP contribution in [-0.4, -0.2) is 32.4 Å². The lowest BCUT2D eigenvalue weighted by atomic mass is 9.64. The van der Waals surface area contributed by atoms with Gasteiger partial charge in [0.25, 0.3) is 0 Å². The van der Waals surface area contributed by atoms with Crippen molar-refractivity contribution in [3.05, 3.63) is 71.8 Å². The lowest BCUT2D eigenvalue weighted by molar-refractivity contribution is -0.137. The van der Waals surface area contributed by atoms with Crippen molar-refractivity contribution in [3.8, 4) is 0 Å². The molecule has 4 atom stereocenters. The molecule has 2 fully saturated rings. The number of carbonyl (C=O) groups is 2. The molecule has 1 saturated heterocycles. The van der Waals surface area contributed by atoms with Crippen LogP contribution in [0, 0.1) is 11.8 Å². The van der Waals surface area contributed by atoms with Crippen LogP contribution < -0.4 is 10.0 Å². The quantitative estimate of drug-likeness (QED) is 0.516. The van der Waals surface area contributed by atoms with E-state index >= 15 is 0 Å². The largest absolute Gasteiger partial charge is 0.352 e. The molecule has 0 bridgehead atoms. The number of fused-ring (bicyclic) bond motifs is 1. The Morgan fingerprint density at radius 3 is 2.41 bits per heavy atom. The number of sulfonamides is 1. The van der Waals surface area contributed by atoms with Crippen molar-refractivity contribution in [3.63, 3.8) is 0 Å². The number of rotatable bonds is 6. The Bertz CT molecular complexity index is 1110. The van der Waals surface area contributed by atoms with E-state index in [0.717, 1.165) is 43.1 Å². The second kappa shape index (κ2) is 9.28. The highest BCUT2D eigenvalue weighted by Gasteiger charge is 2.47. The smallest absolute Gasteiger partial charge is 0.231 e. The number of hydrogen-bond acceptors (Lipinski definition) is 4. The zero-order valence-corrected chi connectivity index (χ0v) is 18.8. The Morgan fingerprint density at radius 1 is 1.03 bits per heavy atom. The van der Waals surface area contributed by atoms with Crippen molar-refractivity contribution in [2.45, 2.75) is 37.6 Å². The van der Waals surface area contributed by atoms with Crippen LogP contribution in [-0.2, 0) is 19.6 Å². The summed E-state index contributed by atoms with van der Waals surface area (Å²) in [6, 6.07) is 16.8. The first-order chi connectivity index (χ1) is 15.3. The number of allylic oxidation sites excluding steroid dienone is 1. The van der Waals surface area contributed by atoms with Gasteiger partial charge in [0.15, 0.2) is 5.78 Å². The summed E-state index contributed by atoms with van der Waals surface area (Å²) in [4.78, 5) is 26.3. The van der Waals surface area contributed by atoms with Crippen molar-refractivity contribution in [1.82, 2.24) is 5.32 Å². The number of anilines is 1. The number of piperidine rings is 1. The highest BCUT2D eigenvalue weighted by atomic mass is 32.2. The van der Waals surface area contributed by atoms with Crippen molar-refractivity contribution < 1.29 is 18.0 Å². The summed E-state index contributed by atoms with van der Waals surface area (Å²) >= 11 is 0. The fourth-order valence-corrected chi connectivity index (χ4v) is 5.60. The third-order valence-corrected chi connectivity index (χ3v) is 7.00. The van der Waals surface area contributed by atoms with E-state index in [1.54, 1.807) is 30.3 Å². The van der Waals surface area contributed by atoms with E-state index in [0.29, 0.717) is 5.69 Å². The van der Waals surface area contributed by atoms with Crippen LogP contribution in [0.15, 0.2) is 60.7 Å². The number of amides is 1. The summed E-state index contributed by atoms with van der Waals surface area (Å²) in [5.74, 6) is -1.02. The van der Waals surface area contributed by atoms with Crippen molar-refractivity contribution >= 4 is 33.5 Å². The summed E-state index contributed by atoms with van der Waals surface area (Å²) in [5.41, 5.74) is 2.25. The van der Waals surface area contributed by atoms with Gasteiger partial charge in [0.1, 0.15) is 5.92 Å². The molecule has 168 valence electrons. The topological polar surface area (TPSA) is 92.3 Å². The molecule has 4 unspecified atom stereocenters. The van der Waals surface area contributed by atoms with E-state index in [-0.39, 0.29) is 29.6 Å². The van der Waals surface area contributed by atoms with Crippen LogP contribution in [0.1, 0.15) is 42.7 Å². The molecule has 2 N–H and O–H groups in total. The second-order valence-electron chi connectivity index (χ2n) is 8.71. The van der Waals surface area contributed by atoms with E-state index in [9.17, 15) is 18.0 Å². The van der Waals surface area contributed by atoms with Gasteiger partial charge in [0.2, 0.25) is 15.9 Å². The summed E-state index contributed by atoms with van der Waals surface area (Å²) in [6.07, 6.45) is 8.43. The normalized spacial score (nSPS) is 25.7. The number of ketones is 1. The average Bonchev–Trinajstić information content (AvgIpc) is 2.77. The molecule has 2 aromatic rings. The maximum atomic E-state index is 13.3. The molecular weight excluding hydrogens is 424 g/mol. The molecule has 2 aromatic carbocycles. The Kier molecular flexibility index (Phi) is 6.46. The van der Waals surface area contributed by atoms with Gasteiger partial charge >= 0.3 is 0 Å². The lowest BCUT2D eigenvalue weighted by Crippen LogP contribution is -2.56. The van der Waals surface area contributed by atoms with Crippen LogP contribution in [0.4, 0.5) is 5.69 Å². The van der Waals surface area contributed by atoms with Crippen molar-refractivity contribution in [2.24, 2.45) is 11.8 Å². The molecule has 0 aromatic heterocycles. The van der Waals surface area contributed by atoms with Crippen LogP contribution >= 0.6 is 0 Å². The Hall–Kier alpha value is -2.93. The first-order valence-electron chi connectivity index (χ1n) is 11.0. The minimum atomic E-state index is -3.35. The van der Waals surface area contributed by atoms with Gasteiger partial charge in [0, 0.05) is 17.6 Å². The van der Waals surface area contributed by atoms with Crippen molar-refractivity contribution in [1.29, 1.82) is 0 Å². The minimum absolute atomic E-state index is 0.129. The Balaban J connectivity index is 1.57. The number of benzene rings is 2. The number of hydrogen-bond donors (Lipinski definition) is 2. The highest BCUT2D eigenvalue weighted by molar-refractivity contribution is 7.92. The van der Waals surface area contributed by atoms with Crippen LogP contribution in [0.3, 0.4) is 0 Å². The number of carbonyl (C=O) groups excluding carboxylic acids is 2. The standard InChI is InChI=1S/C25H28N2O4S/c1-32(30,31)27-19-14-11-17(12-15-19)13-16-22(28)24-23(18-7-3-2-4-8-18)20-9-5-6-10-21(20)26-25(24)29/h2-4,7-8,11-16,20-21,23-24,27H,5-6,9-10H2,1H3,(H,26,29)/b16-13+. The summed E-state index contributed by atoms with van der Waals surface area (Å²) in [6.45, 7) is 0. The van der Waals surface area contributed by atoms with Gasteiger partial charge in [0.05, 0.1) is 6.26 Å². The third-order valence-electron chi connectivity index (χ3n) is 6.39. The van der Waals surface area contributed by atoms with E-state index in [4.69, 9.17) is 0 Å². The summed E-state index contributed by atoms with van der Waals surface area (Å²) in [5, 5.41) is 3.12. The first kappa shape index (κ1) is 22.3. The molecular formula is C25H28N2O4S. The molecule has 1 heterocycles. The van der Waals surface area contributed by atoms with E-state index in [2.05, 4.69) is 10.0 Å².